The number of aromatic nitrogens is 2. The minimum atomic E-state index is -0.407. The van der Waals surface area contributed by atoms with E-state index in [1.807, 2.05) is 6.07 Å². The highest BCUT2D eigenvalue weighted by molar-refractivity contribution is 6.41. The van der Waals surface area contributed by atoms with Crippen LogP contribution in [0.2, 0.25) is 20.1 Å². The molecule has 0 saturated heterocycles. The summed E-state index contributed by atoms with van der Waals surface area (Å²) >= 11 is 23.9. The zero-order valence-electron chi connectivity index (χ0n) is 12.4. The number of rotatable bonds is 4. The Morgan fingerprint density at radius 1 is 1.00 bits per heavy atom. The average molecular weight is 416 g/mol. The first kappa shape index (κ1) is 17.9. The van der Waals surface area contributed by atoms with Gasteiger partial charge in [-0.1, -0.05) is 52.5 Å². The molecule has 0 aliphatic heterocycles. The number of hydrogen-bond donors (Lipinski definition) is 2. The van der Waals surface area contributed by atoms with Crippen molar-refractivity contribution in [2.75, 3.05) is 5.43 Å². The van der Waals surface area contributed by atoms with Crippen LogP contribution in [0.1, 0.15) is 10.4 Å². The molecule has 1 amide bonds. The lowest BCUT2D eigenvalue weighted by molar-refractivity contribution is 0.0962. The molecule has 0 atom stereocenters. The molecule has 1 aromatic heterocycles. The Kier molecular flexibility index (Phi) is 5.39. The molecule has 9 heteroatoms. The van der Waals surface area contributed by atoms with Gasteiger partial charge in [0.05, 0.1) is 33.2 Å². The van der Waals surface area contributed by atoms with Gasteiger partial charge in [0.25, 0.3) is 5.91 Å². The third-order valence-corrected chi connectivity index (χ3v) is 4.27. The number of nitrogens with zero attached hydrogens (tertiary/aromatic N) is 2. The van der Waals surface area contributed by atoms with Crippen LogP contribution >= 0.6 is 46.4 Å². The van der Waals surface area contributed by atoms with E-state index >= 15 is 0 Å². The summed E-state index contributed by atoms with van der Waals surface area (Å²) in [5.74, 6) is -0.407. The molecule has 0 fully saturated rings. The number of halogens is 4. The van der Waals surface area contributed by atoms with E-state index in [0.29, 0.717) is 21.3 Å². The number of carbonyl (C=O) groups excluding carboxylic acids is 1. The van der Waals surface area contributed by atoms with E-state index in [1.54, 1.807) is 29.1 Å². The Morgan fingerprint density at radius 3 is 2.40 bits per heavy atom. The molecule has 0 aliphatic rings. The second-order valence-electron chi connectivity index (χ2n) is 4.98. The fourth-order valence-corrected chi connectivity index (χ4v) is 3.15. The largest absolute Gasteiger partial charge is 0.295 e. The first-order valence-electron chi connectivity index (χ1n) is 6.95. The second-order valence-corrected chi connectivity index (χ2v) is 6.66. The molecule has 25 heavy (non-hydrogen) atoms. The first-order valence-corrected chi connectivity index (χ1v) is 8.47. The van der Waals surface area contributed by atoms with Crippen LogP contribution in [-0.4, -0.2) is 15.7 Å². The fraction of sp³-hybridized carbons (Fsp3) is 0. The molecule has 3 aromatic rings. The summed E-state index contributed by atoms with van der Waals surface area (Å²) < 4.78 is 1.54. The van der Waals surface area contributed by atoms with E-state index in [9.17, 15) is 4.79 Å². The first-order chi connectivity index (χ1) is 11.9. The van der Waals surface area contributed by atoms with E-state index < -0.39 is 5.91 Å². The molecule has 0 unspecified atom stereocenters. The van der Waals surface area contributed by atoms with Crippen molar-refractivity contribution in [2.45, 2.75) is 0 Å². The van der Waals surface area contributed by atoms with Crippen molar-refractivity contribution >= 4 is 58.0 Å². The summed E-state index contributed by atoms with van der Waals surface area (Å²) in [4.78, 5) is 12.3. The molecule has 0 saturated carbocycles. The molecule has 3 rings (SSSR count). The summed E-state index contributed by atoms with van der Waals surface area (Å²) in [5.41, 5.74) is 6.63. The zero-order chi connectivity index (χ0) is 18.0. The third-order valence-electron chi connectivity index (χ3n) is 3.23. The van der Waals surface area contributed by atoms with Gasteiger partial charge in [-0.2, -0.15) is 5.10 Å². The lowest BCUT2D eigenvalue weighted by Gasteiger charge is -2.11. The second kappa shape index (κ2) is 7.54. The van der Waals surface area contributed by atoms with Crippen LogP contribution in [0.25, 0.3) is 5.69 Å². The van der Waals surface area contributed by atoms with E-state index in [1.165, 1.54) is 18.3 Å². The van der Waals surface area contributed by atoms with Gasteiger partial charge in [0.2, 0.25) is 0 Å². The van der Waals surface area contributed by atoms with E-state index in [0.717, 1.165) is 5.69 Å². The summed E-state index contributed by atoms with van der Waals surface area (Å²) in [5, 5.41) is 5.69. The van der Waals surface area contributed by atoms with Crippen LogP contribution in [0.15, 0.2) is 48.8 Å². The van der Waals surface area contributed by atoms with Gasteiger partial charge in [0, 0.05) is 16.2 Å². The molecule has 2 N–H and O–H groups in total. The topological polar surface area (TPSA) is 59.0 Å². The van der Waals surface area contributed by atoms with Gasteiger partial charge in [0.15, 0.2) is 0 Å². The Hall–Kier alpha value is -1.92. The average Bonchev–Trinajstić information content (AvgIpc) is 3.03. The molecule has 0 spiro atoms. The number of hydrogen-bond acceptors (Lipinski definition) is 3. The molecular formula is C16H10Cl4N4O. The van der Waals surface area contributed by atoms with Crippen molar-refractivity contribution in [3.8, 4) is 5.69 Å². The zero-order valence-corrected chi connectivity index (χ0v) is 15.5. The molecule has 5 nitrogen and oxygen atoms in total. The van der Waals surface area contributed by atoms with Crippen molar-refractivity contribution in [2.24, 2.45) is 0 Å². The lowest BCUT2D eigenvalue weighted by Crippen LogP contribution is -2.29. The number of amides is 1. The van der Waals surface area contributed by atoms with E-state index in [4.69, 9.17) is 46.4 Å². The molecule has 0 bridgehead atoms. The maximum Gasteiger partial charge on any atom is 0.272 e. The van der Waals surface area contributed by atoms with Crippen molar-refractivity contribution in [1.82, 2.24) is 15.2 Å². The van der Waals surface area contributed by atoms with Crippen LogP contribution in [0, 0.1) is 0 Å². The van der Waals surface area contributed by atoms with Gasteiger partial charge < -0.3 is 0 Å². The van der Waals surface area contributed by atoms with E-state index in [-0.39, 0.29) is 10.0 Å². The minimum absolute atomic E-state index is 0.285. The highest BCUT2D eigenvalue weighted by Crippen LogP contribution is 2.33. The van der Waals surface area contributed by atoms with Gasteiger partial charge >= 0.3 is 0 Å². The van der Waals surface area contributed by atoms with Crippen molar-refractivity contribution in [3.63, 3.8) is 0 Å². The number of anilines is 1. The Morgan fingerprint density at radius 2 is 1.72 bits per heavy atom. The van der Waals surface area contributed by atoms with Gasteiger partial charge in [-0.3, -0.25) is 15.6 Å². The van der Waals surface area contributed by atoms with Crippen LogP contribution in [0.4, 0.5) is 5.69 Å². The fourth-order valence-electron chi connectivity index (χ4n) is 2.05. The van der Waals surface area contributed by atoms with Crippen LogP contribution < -0.4 is 10.9 Å². The van der Waals surface area contributed by atoms with Crippen LogP contribution in [0.5, 0.6) is 0 Å². The highest BCUT2D eigenvalue weighted by atomic mass is 35.5. The Bertz CT molecular complexity index is 918. The lowest BCUT2D eigenvalue weighted by atomic mass is 10.3. The van der Waals surface area contributed by atoms with Crippen molar-refractivity contribution < 1.29 is 4.79 Å². The predicted molar refractivity (Wildman–Crippen MR) is 101 cm³/mol. The number of nitrogens with one attached hydrogen (secondary N) is 2. The summed E-state index contributed by atoms with van der Waals surface area (Å²) in [6.07, 6.45) is 3.01. The van der Waals surface area contributed by atoms with Gasteiger partial charge in [0.1, 0.15) is 0 Å². The Labute approximate surface area is 163 Å². The molecule has 128 valence electrons. The molecule has 0 radical (unpaired) electrons. The maximum absolute atomic E-state index is 12.3. The monoisotopic (exact) mass is 414 g/mol. The molecule has 2 aromatic carbocycles. The summed E-state index contributed by atoms with van der Waals surface area (Å²) in [7, 11) is 0. The normalized spacial score (nSPS) is 10.6. The van der Waals surface area contributed by atoms with Gasteiger partial charge in [-0.05, 0) is 30.3 Å². The Balaban J connectivity index is 1.73. The predicted octanol–water partition coefficient (Wildman–Crippen LogP) is 5.24. The van der Waals surface area contributed by atoms with Crippen molar-refractivity contribution in [3.05, 3.63) is 74.4 Å². The molecule has 1 heterocycles. The molecule has 0 aliphatic carbocycles. The number of hydrazine groups is 1. The summed E-state index contributed by atoms with van der Waals surface area (Å²) in [6.45, 7) is 0. The summed E-state index contributed by atoms with van der Waals surface area (Å²) in [6, 6.07) is 10.1. The van der Waals surface area contributed by atoms with Gasteiger partial charge in [-0.15, -0.1) is 0 Å². The highest BCUT2D eigenvalue weighted by Gasteiger charge is 2.12. The number of benzene rings is 2. The van der Waals surface area contributed by atoms with Crippen molar-refractivity contribution in [1.29, 1.82) is 0 Å². The SMILES string of the molecule is O=C(NNc1c(Cl)cc(Cl)cc1Cl)c1cnn(-c2cccc(Cl)c2)c1. The van der Waals surface area contributed by atoms with Crippen LogP contribution in [0.3, 0.4) is 0 Å². The third kappa shape index (κ3) is 4.19. The van der Waals surface area contributed by atoms with Crippen LogP contribution in [-0.2, 0) is 0 Å². The smallest absolute Gasteiger partial charge is 0.272 e. The molecular weight excluding hydrogens is 406 g/mol. The number of carbonyl (C=O) groups is 1. The standard InChI is InChI=1S/C16H10Cl4N4O/c17-10-2-1-3-12(4-10)24-8-9(7-21-24)16(25)23-22-15-13(19)5-11(18)6-14(15)20/h1-8,22H,(H,23,25). The van der Waals surface area contributed by atoms with E-state index in [2.05, 4.69) is 16.0 Å². The maximum atomic E-state index is 12.3. The van der Waals surface area contributed by atoms with Gasteiger partial charge in [-0.25, -0.2) is 4.68 Å². The minimum Gasteiger partial charge on any atom is -0.295 e. The quantitative estimate of drug-likeness (QED) is 0.572.